The van der Waals surface area contributed by atoms with Crippen molar-refractivity contribution in [2.75, 3.05) is 0 Å². The summed E-state index contributed by atoms with van der Waals surface area (Å²) < 4.78 is 2.11. The van der Waals surface area contributed by atoms with E-state index < -0.39 is 0 Å². The Bertz CT molecular complexity index is 292. The van der Waals surface area contributed by atoms with Crippen molar-refractivity contribution >= 4 is 0 Å². The molecule has 2 N–H and O–H groups in total. The molecule has 1 aliphatic carbocycles. The highest BCUT2D eigenvalue weighted by Crippen LogP contribution is 2.26. The molecular weight excluding hydrogens is 174 g/mol. The summed E-state index contributed by atoms with van der Waals surface area (Å²) in [4.78, 5) is 0. The summed E-state index contributed by atoms with van der Waals surface area (Å²) in [6, 6.07) is 0.919. The molecule has 14 heavy (non-hydrogen) atoms. The summed E-state index contributed by atoms with van der Waals surface area (Å²) in [7, 11) is 0. The fraction of sp³-hybridized carbons (Fsp3) is 0.727. The molecule has 3 nitrogen and oxygen atoms in total. The van der Waals surface area contributed by atoms with Crippen molar-refractivity contribution in [2.45, 2.75) is 51.1 Å². The van der Waals surface area contributed by atoms with E-state index in [0.29, 0.717) is 12.1 Å². The number of aryl methyl sites for hydroxylation is 1. The van der Waals surface area contributed by atoms with Crippen LogP contribution in [0.4, 0.5) is 0 Å². The maximum atomic E-state index is 5.96. The van der Waals surface area contributed by atoms with Crippen LogP contribution in [0.1, 0.15) is 44.2 Å². The summed E-state index contributed by atoms with van der Waals surface area (Å²) in [5.74, 6) is 0. The number of nitrogens with two attached hydrogens (primary N) is 1. The molecule has 0 aliphatic heterocycles. The second-order valence-electron chi connectivity index (χ2n) is 4.26. The van der Waals surface area contributed by atoms with Crippen molar-refractivity contribution in [2.24, 2.45) is 5.73 Å². The highest BCUT2D eigenvalue weighted by Gasteiger charge is 2.20. The summed E-state index contributed by atoms with van der Waals surface area (Å²) in [6.45, 7) is 2.16. The highest BCUT2D eigenvalue weighted by molar-refractivity contribution is 5.04. The van der Waals surface area contributed by atoms with E-state index in [1.54, 1.807) is 0 Å². The predicted octanol–water partition coefficient (Wildman–Crippen LogP) is 1.89. The summed E-state index contributed by atoms with van der Waals surface area (Å²) >= 11 is 0. The maximum Gasteiger partial charge on any atom is 0.0534 e. The van der Waals surface area contributed by atoms with Gasteiger partial charge in [-0.05, 0) is 37.7 Å². The molecule has 3 heteroatoms. The van der Waals surface area contributed by atoms with Gasteiger partial charge < -0.3 is 5.73 Å². The lowest BCUT2D eigenvalue weighted by molar-refractivity contribution is 0.300. The predicted molar refractivity (Wildman–Crippen MR) is 57.1 cm³/mol. The van der Waals surface area contributed by atoms with E-state index in [1.807, 2.05) is 6.20 Å². The van der Waals surface area contributed by atoms with Gasteiger partial charge in [-0.25, -0.2) is 0 Å². The molecular formula is C11H19N3. The van der Waals surface area contributed by atoms with Crippen LogP contribution in [0, 0.1) is 0 Å². The lowest BCUT2D eigenvalue weighted by Crippen LogP contribution is -2.29. The largest absolute Gasteiger partial charge is 0.328 e. The van der Waals surface area contributed by atoms with Crippen LogP contribution in [-0.4, -0.2) is 15.8 Å². The minimum absolute atomic E-state index is 0.378. The molecule has 1 fully saturated rings. The quantitative estimate of drug-likeness (QED) is 0.779. The molecule has 2 rings (SSSR count). The Morgan fingerprint density at radius 3 is 3.07 bits per heavy atom. The summed E-state index contributed by atoms with van der Waals surface area (Å²) in [5.41, 5.74) is 7.28. The van der Waals surface area contributed by atoms with E-state index in [-0.39, 0.29) is 0 Å². The van der Waals surface area contributed by atoms with Crippen LogP contribution in [0.3, 0.4) is 0 Å². The number of hydrogen-bond donors (Lipinski definition) is 1. The van der Waals surface area contributed by atoms with E-state index in [1.165, 1.54) is 24.8 Å². The van der Waals surface area contributed by atoms with Gasteiger partial charge in [-0.3, -0.25) is 4.68 Å². The van der Waals surface area contributed by atoms with Crippen LogP contribution < -0.4 is 5.73 Å². The minimum atomic E-state index is 0.378. The maximum absolute atomic E-state index is 5.96. The van der Waals surface area contributed by atoms with Gasteiger partial charge in [-0.2, -0.15) is 5.10 Å². The number of nitrogens with zero attached hydrogens (tertiary/aromatic N) is 2. The number of aromatic nitrogens is 2. The molecule has 78 valence electrons. The van der Waals surface area contributed by atoms with Crippen LogP contribution in [0.5, 0.6) is 0 Å². The first-order valence-corrected chi connectivity index (χ1v) is 5.58. The first-order chi connectivity index (χ1) is 6.79. The van der Waals surface area contributed by atoms with Gasteiger partial charge in [0.2, 0.25) is 0 Å². The first-order valence-electron chi connectivity index (χ1n) is 5.58. The van der Waals surface area contributed by atoms with Crippen molar-refractivity contribution in [1.29, 1.82) is 0 Å². The molecule has 0 amide bonds. The van der Waals surface area contributed by atoms with E-state index in [9.17, 15) is 0 Å². The molecule has 2 unspecified atom stereocenters. The monoisotopic (exact) mass is 193 g/mol. The normalized spacial score (nSPS) is 27.9. The molecule has 0 spiro atoms. The fourth-order valence-electron chi connectivity index (χ4n) is 2.20. The molecule has 0 aromatic carbocycles. The average molecular weight is 193 g/mol. The van der Waals surface area contributed by atoms with Gasteiger partial charge in [0, 0.05) is 12.2 Å². The van der Waals surface area contributed by atoms with Gasteiger partial charge in [0.1, 0.15) is 0 Å². The van der Waals surface area contributed by atoms with Gasteiger partial charge in [0.15, 0.2) is 0 Å². The smallest absolute Gasteiger partial charge is 0.0534 e. The molecule has 1 aromatic rings. The Kier molecular flexibility index (Phi) is 2.87. The number of hydrogen-bond acceptors (Lipinski definition) is 2. The number of rotatable bonds is 2. The Labute approximate surface area is 85.3 Å². The van der Waals surface area contributed by atoms with Crippen molar-refractivity contribution in [3.8, 4) is 0 Å². The van der Waals surface area contributed by atoms with Crippen LogP contribution in [0.15, 0.2) is 12.4 Å². The highest BCUT2D eigenvalue weighted by atomic mass is 15.3. The molecule has 2 atom stereocenters. The van der Waals surface area contributed by atoms with E-state index >= 15 is 0 Å². The van der Waals surface area contributed by atoms with Gasteiger partial charge in [0.25, 0.3) is 0 Å². The molecule has 0 saturated heterocycles. The zero-order valence-corrected chi connectivity index (χ0v) is 8.82. The fourth-order valence-corrected chi connectivity index (χ4v) is 2.20. The molecule has 0 bridgehead atoms. The lowest BCUT2D eigenvalue weighted by Gasteiger charge is -2.26. The standard InChI is InChI=1S/C11H19N3/c1-2-9-7-13-14(8-9)11-5-3-4-10(12)6-11/h7-8,10-11H,2-6,12H2,1H3. The van der Waals surface area contributed by atoms with E-state index in [2.05, 4.69) is 22.9 Å². The third-order valence-electron chi connectivity index (χ3n) is 3.12. The van der Waals surface area contributed by atoms with Gasteiger partial charge in [-0.1, -0.05) is 6.92 Å². The van der Waals surface area contributed by atoms with E-state index in [4.69, 9.17) is 5.73 Å². The Morgan fingerprint density at radius 1 is 1.57 bits per heavy atom. The van der Waals surface area contributed by atoms with Gasteiger partial charge in [-0.15, -0.1) is 0 Å². The van der Waals surface area contributed by atoms with Crippen molar-refractivity contribution < 1.29 is 0 Å². The topological polar surface area (TPSA) is 43.8 Å². The van der Waals surface area contributed by atoms with Gasteiger partial charge >= 0.3 is 0 Å². The third-order valence-corrected chi connectivity index (χ3v) is 3.12. The van der Waals surface area contributed by atoms with Gasteiger partial charge in [0.05, 0.1) is 12.2 Å². The molecule has 0 radical (unpaired) electrons. The zero-order valence-electron chi connectivity index (χ0n) is 8.82. The SMILES string of the molecule is CCc1cnn(C2CCCC(N)C2)c1. The molecule has 1 aliphatic rings. The third kappa shape index (κ3) is 1.98. The lowest BCUT2D eigenvalue weighted by atomic mass is 9.92. The Morgan fingerprint density at radius 2 is 2.43 bits per heavy atom. The summed E-state index contributed by atoms with van der Waals surface area (Å²) in [5, 5.41) is 4.41. The van der Waals surface area contributed by atoms with E-state index in [0.717, 1.165) is 12.8 Å². The molecule has 1 saturated carbocycles. The van der Waals surface area contributed by atoms with Crippen molar-refractivity contribution in [1.82, 2.24) is 9.78 Å². The van der Waals surface area contributed by atoms with Crippen LogP contribution in [0.2, 0.25) is 0 Å². The van der Waals surface area contributed by atoms with Crippen LogP contribution >= 0.6 is 0 Å². The Hall–Kier alpha value is -0.830. The van der Waals surface area contributed by atoms with Crippen molar-refractivity contribution in [3.05, 3.63) is 18.0 Å². The van der Waals surface area contributed by atoms with Crippen LogP contribution in [0.25, 0.3) is 0 Å². The summed E-state index contributed by atoms with van der Waals surface area (Å²) in [6.07, 6.45) is 9.95. The van der Waals surface area contributed by atoms with Crippen LogP contribution in [-0.2, 0) is 6.42 Å². The molecule has 1 aromatic heterocycles. The van der Waals surface area contributed by atoms with Crippen molar-refractivity contribution in [3.63, 3.8) is 0 Å². The minimum Gasteiger partial charge on any atom is -0.328 e. The first kappa shape index (κ1) is 9.71. The molecule has 1 heterocycles. The zero-order chi connectivity index (χ0) is 9.97. The average Bonchev–Trinajstić information content (AvgIpc) is 2.66. The Balaban J connectivity index is 2.06. The second-order valence-corrected chi connectivity index (χ2v) is 4.26. The second kappa shape index (κ2) is 4.13.